The fourth-order valence-corrected chi connectivity index (χ4v) is 1.47. The first-order valence-corrected chi connectivity index (χ1v) is 4.58. The molecule has 0 saturated heterocycles. The zero-order valence-electron chi connectivity index (χ0n) is 7.99. The Morgan fingerprint density at radius 1 is 1.43 bits per heavy atom. The maximum absolute atomic E-state index is 8.68. The number of hydrogen-bond acceptors (Lipinski definition) is 3. The van der Waals surface area contributed by atoms with Gasteiger partial charge < -0.3 is 9.47 Å². The molecule has 1 aromatic carbocycles. The Kier molecular flexibility index (Phi) is 2.28. The van der Waals surface area contributed by atoms with E-state index in [0.717, 1.165) is 23.5 Å². The SMILES string of the molecule is C[C@@H](C#N)Cc1ccc2c(c1)OCO2. The van der Waals surface area contributed by atoms with Gasteiger partial charge in [0.05, 0.1) is 6.07 Å². The van der Waals surface area contributed by atoms with Crippen LogP contribution in [0, 0.1) is 17.2 Å². The van der Waals surface area contributed by atoms with Gasteiger partial charge in [0.25, 0.3) is 0 Å². The molecule has 1 aromatic rings. The summed E-state index contributed by atoms with van der Waals surface area (Å²) in [7, 11) is 0. The lowest BCUT2D eigenvalue weighted by molar-refractivity contribution is 0.174. The molecule has 0 aromatic heterocycles. The number of fused-ring (bicyclic) bond motifs is 1. The van der Waals surface area contributed by atoms with E-state index in [-0.39, 0.29) is 5.92 Å². The van der Waals surface area contributed by atoms with Crippen LogP contribution in [0.15, 0.2) is 18.2 Å². The minimum Gasteiger partial charge on any atom is -0.454 e. The van der Waals surface area contributed by atoms with Crippen LogP contribution in [0.5, 0.6) is 11.5 Å². The number of nitriles is 1. The van der Waals surface area contributed by atoms with Crippen LogP contribution >= 0.6 is 0 Å². The summed E-state index contributed by atoms with van der Waals surface area (Å²) in [6.45, 7) is 2.21. The van der Waals surface area contributed by atoms with Crippen LogP contribution in [-0.4, -0.2) is 6.79 Å². The zero-order chi connectivity index (χ0) is 9.97. The summed E-state index contributed by atoms with van der Waals surface area (Å²) in [6, 6.07) is 8.01. The van der Waals surface area contributed by atoms with Gasteiger partial charge in [0.2, 0.25) is 6.79 Å². The van der Waals surface area contributed by atoms with Crippen LogP contribution in [0.2, 0.25) is 0 Å². The highest BCUT2D eigenvalue weighted by molar-refractivity contribution is 5.44. The van der Waals surface area contributed by atoms with Gasteiger partial charge >= 0.3 is 0 Å². The molecule has 0 bridgehead atoms. The monoisotopic (exact) mass is 189 g/mol. The highest BCUT2D eigenvalue weighted by Crippen LogP contribution is 2.32. The van der Waals surface area contributed by atoms with Crippen molar-refractivity contribution >= 4 is 0 Å². The molecule has 0 N–H and O–H groups in total. The van der Waals surface area contributed by atoms with Crippen molar-refractivity contribution in [2.75, 3.05) is 6.79 Å². The van der Waals surface area contributed by atoms with Crippen molar-refractivity contribution < 1.29 is 9.47 Å². The topological polar surface area (TPSA) is 42.2 Å². The maximum Gasteiger partial charge on any atom is 0.231 e. The summed E-state index contributed by atoms with van der Waals surface area (Å²) < 4.78 is 10.4. The lowest BCUT2D eigenvalue weighted by Crippen LogP contribution is -1.95. The largest absolute Gasteiger partial charge is 0.454 e. The van der Waals surface area contributed by atoms with Gasteiger partial charge in [0, 0.05) is 5.92 Å². The number of hydrogen-bond donors (Lipinski definition) is 0. The van der Waals surface area contributed by atoms with Gasteiger partial charge in [-0.25, -0.2) is 0 Å². The van der Waals surface area contributed by atoms with E-state index < -0.39 is 0 Å². The van der Waals surface area contributed by atoms with Crippen molar-refractivity contribution in [3.63, 3.8) is 0 Å². The van der Waals surface area contributed by atoms with Gasteiger partial charge in [0.1, 0.15) is 0 Å². The first-order valence-electron chi connectivity index (χ1n) is 4.58. The molecule has 1 aliphatic heterocycles. The Bertz CT molecular complexity index is 381. The van der Waals surface area contributed by atoms with Crippen molar-refractivity contribution in [2.24, 2.45) is 5.92 Å². The quantitative estimate of drug-likeness (QED) is 0.715. The molecule has 0 unspecified atom stereocenters. The smallest absolute Gasteiger partial charge is 0.231 e. The fraction of sp³-hybridized carbons (Fsp3) is 0.364. The van der Waals surface area contributed by atoms with Gasteiger partial charge in [-0.15, -0.1) is 0 Å². The third kappa shape index (κ3) is 1.64. The van der Waals surface area contributed by atoms with Crippen LogP contribution in [0.3, 0.4) is 0 Å². The van der Waals surface area contributed by atoms with Crippen molar-refractivity contribution in [1.29, 1.82) is 5.26 Å². The standard InChI is InChI=1S/C11H11NO2/c1-8(6-12)4-9-2-3-10-11(5-9)14-7-13-10/h2-3,5,8H,4,7H2,1H3/t8-/m1/s1. The predicted octanol–water partition coefficient (Wildman–Crippen LogP) is 2.12. The van der Waals surface area contributed by atoms with Gasteiger partial charge in [0.15, 0.2) is 11.5 Å². The Balaban J connectivity index is 2.17. The molecule has 72 valence electrons. The molecule has 0 saturated carbocycles. The van der Waals surface area contributed by atoms with Crippen LogP contribution in [0.4, 0.5) is 0 Å². The van der Waals surface area contributed by atoms with Crippen LogP contribution < -0.4 is 9.47 Å². The molecule has 0 radical (unpaired) electrons. The Hall–Kier alpha value is -1.69. The highest BCUT2D eigenvalue weighted by atomic mass is 16.7. The average molecular weight is 189 g/mol. The number of ether oxygens (including phenoxy) is 2. The van der Waals surface area contributed by atoms with Crippen LogP contribution in [-0.2, 0) is 6.42 Å². The minimum atomic E-state index is 0.0374. The van der Waals surface area contributed by atoms with Crippen molar-refractivity contribution in [3.8, 4) is 17.6 Å². The van der Waals surface area contributed by atoms with E-state index in [1.54, 1.807) is 0 Å². The van der Waals surface area contributed by atoms with Crippen LogP contribution in [0.25, 0.3) is 0 Å². The van der Waals surface area contributed by atoms with Gasteiger partial charge in [-0.05, 0) is 31.0 Å². The summed E-state index contributed by atoms with van der Waals surface area (Å²) in [6.07, 6.45) is 0.757. The van der Waals surface area contributed by atoms with Crippen molar-refractivity contribution in [1.82, 2.24) is 0 Å². The third-order valence-corrected chi connectivity index (χ3v) is 2.20. The van der Waals surface area contributed by atoms with Crippen molar-refractivity contribution in [2.45, 2.75) is 13.3 Å². The molecule has 3 nitrogen and oxygen atoms in total. The summed E-state index contributed by atoms with van der Waals surface area (Å²) in [4.78, 5) is 0. The van der Waals surface area contributed by atoms with Crippen LogP contribution in [0.1, 0.15) is 12.5 Å². The Morgan fingerprint density at radius 2 is 2.21 bits per heavy atom. The molecule has 2 rings (SSSR count). The first kappa shape index (κ1) is 8.89. The second-order valence-electron chi connectivity index (χ2n) is 3.42. The summed E-state index contributed by atoms with van der Waals surface area (Å²) in [5.74, 6) is 1.61. The number of nitrogens with zero attached hydrogens (tertiary/aromatic N) is 1. The lowest BCUT2D eigenvalue weighted by atomic mass is 10.0. The molecule has 1 aliphatic rings. The van der Waals surface area contributed by atoms with Gasteiger partial charge in [-0.2, -0.15) is 5.26 Å². The van der Waals surface area contributed by atoms with E-state index in [4.69, 9.17) is 14.7 Å². The van der Waals surface area contributed by atoms with E-state index in [9.17, 15) is 0 Å². The van der Waals surface area contributed by atoms with E-state index in [1.807, 2.05) is 25.1 Å². The molecule has 0 amide bonds. The van der Waals surface area contributed by atoms with Gasteiger partial charge in [-0.1, -0.05) is 6.07 Å². The van der Waals surface area contributed by atoms with Gasteiger partial charge in [-0.3, -0.25) is 0 Å². The lowest BCUT2D eigenvalue weighted by Gasteiger charge is -2.03. The first-order chi connectivity index (χ1) is 6.79. The zero-order valence-corrected chi connectivity index (χ0v) is 7.99. The Morgan fingerprint density at radius 3 is 3.00 bits per heavy atom. The third-order valence-electron chi connectivity index (χ3n) is 2.20. The molecule has 1 atom stereocenters. The average Bonchev–Trinajstić information content (AvgIpc) is 2.64. The second-order valence-corrected chi connectivity index (χ2v) is 3.42. The normalized spacial score (nSPS) is 14.9. The second kappa shape index (κ2) is 3.59. The molecule has 0 fully saturated rings. The van der Waals surface area contributed by atoms with E-state index in [0.29, 0.717) is 6.79 Å². The molecule has 3 heteroatoms. The summed E-state index contributed by atoms with van der Waals surface area (Å²) in [5.41, 5.74) is 1.11. The summed E-state index contributed by atoms with van der Waals surface area (Å²) in [5, 5.41) is 8.68. The molecule has 0 spiro atoms. The van der Waals surface area contributed by atoms with Crippen molar-refractivity contribution in [3.05, 3.63) is 23.8 Å². The molecule has 14 heavy (non-hydrogen) atoms. The highest BCUT2D eigenvalue weighted by Gasteiger charge is 2.13. The molecular formula is C11H11NO2. The fourth-order valence-electron chi connectivity index (χ4n) is 1.47. The minimum absolute atomic E-state index is 0.0374. The Labute approximate surface area is 82.9 Å². The van der Waals surface area contributed by atoms with E-state index >= 15 is 0 Å². The summed E-state index contributed by atoms with van der Waals surface area (Å²) >= 11 is 0. The number of rotatable bonds is 2. The molecular weight excluding hydrogens is 178 g/mol. The van der Waals surface area contributed by atoms with E-state index in [2.05, 4.69) is 6.07 Å². The maximum atomic E-state index is 8.68. The molecule has 0 aliphatic carbocycles. The molecule has 1 heterocycles. The van der Waals surface area contributed by atoms with E-state index in [1.165, 1.54) is 0 Å². The predicted molar refractivity (Wildman–Crippen MR) is 51.0 cm³/mol. The number of benzene rings is 1.